The topological polar surface area (TPSA) is 97.6 Å². The molecule has 0 saturated carbocycles. The highest BCUT2D eigenvalue weighted by atomic mass is 35.5. The summed E-state index contributed by atoms with van der Waals surface area (Å²) < 4.78 is 17.9. The van der Waals surface area contributed by atoms with Crippen LogP contribution in [0.4, 0.5) is 16.6 Å². The summed E-state index contributed by atoms with van der Waals surface area (Å²) in [4.78, 5) is 18.1. The molecule has 30 heavy (non-hydrogen) atoms. The number of carbonyl (C=O) groups is 1. The number of thiazole rings is 1. The van der Waals surface area contributed by atoms with Crippen LogP contribution in [0.3, 0.4) is 0 Å². The number of nitrogen functional groups attached to an aromatic ring is 1. The fourth-order valence-corrected chi connectivity index (χ4v) is 5.58. The summed E-state index contributed by atoms with van der Waals surface area (Å²) in [6.45, 7) is 2.57. The summed E-state index contributed by atoms with van der Waals surface area (Å²) in [6.07, 6.45) is 0. The fourth-order valence-electron chi connectivity index (χ4n) is 2.78. The molecule has 156 valence electrons. The van der Waals surface area contributed by atoms with Crippen LogP contribution in [0.15, 0.2) is 47.4 Å². The molecule has 0 bridgehead atoms. The number of carbonyl (C=O) groups excluding carboxylic acids is 1. The van der Waals surface area contributed by atoms with E-state index in [0.717, 1.165) is 11.3 Å². The Bertz CT molecular complexity index is 1140. The number of ether oxygens (including phenoxy) is 1. The lowest BCUT2D eigenvalue weighted by atomic mass is 10.1. The summed E-state index contributed by atoms with van der Waals surface area (Å²) >= 11 is 13.4. The van der Waals surface area contributed by atoms with Crippen molar-refractivity contribution in [1.82, 2.24) is 4.98 Å². The quantitative estimate of drug-likeness (QED) is 0.367. The van der Waals surface area contributed by atoms with Crippen LogP contribution in [-0.2, 0) is 15.5 Å². The van der Waals surface area contributed by atoms with Crippen molar-refractivity contribution in [2.45, 2.75) is 17.4 Å². The second-order valence-corrected chi connectivity index (χ2v) is 10.3. The van der Waals surface area contributed by atoms with Crippen LogP contribution in [-0.4, -0.2) is 32.9 Å². The van der Waals surface area contributed by atoms with Crippen molar-refractivity contribution in [1.29, 1.82) is 0 Å². The van der Waals surface area contributed by atoms with Gasteiger partial charge in [0.15, 0.2) is 5.13 Å². The Kier molecular flexibility index (Phi) is 5.87. The van der Waals surface area contributed by atoms with E-state index in [9.17, 15) is 9.00 Å². The SMILES string of the molecule is CC1(CS(=O)c2cccc(Nc3nc(N)c(C(=O)c4c(Cl)cccc4Cl)s3)c2)CO1. The van der Waals surface area contributed by atoms with Crippen molar-refractivity contribution in [2.75, 3.05) is 23.4 Å². The zero-order chi connectivity index (χ0) is 21.5. The minimum absolute atomic E-state index is 0.0852. The molecule has 1 aliphatic heterocycles. The highest BCUT2D eigenvalue weighted by Gasteiger charge is 2.41. The summed E-state index contributed by atoms with van der Waals surface area (Å²) in [5, 5.41) is 4.04. The maximum absolute atomic E-state index is 12.9. The lowest BCUT2D eigenvalue weighted by Gasteiger charge is -2.08. The average Bonchev–Trinajstić information content (AvgIpc) is 3.30. The van der Waals surface area contributed by atoms with Gasteiger partial charge in [-0.05, 0) is 37.3 Å². The first-order chi connectivity index (χ1) is 14.3. The predicted molar refractivity (Wildman–Crippen MR) is 122 cm³/mol. The number of nitrogens with zero attached hydrogens (tertiary/aromatic N) is 1. The first-order valence-corrected chi connectivity index (χ1v) is 11.8. The van der Waals surface area contributed by atoms with Gasteiger partial charge < -0.3 is 15.8 Å². The molecule has 0 aliphatic carbocycles. The number of halogens is 2. The molecule has 0 amide bonds. The van der Waals surface area contributed by atoms with Crippen LogP contribution in [0.1, 0.15) is 22.2 Å². The van der Waals surface area contributed by atoms with Gasteiger partial charge in [0.1, 0.15) is 16.3 Å². The molecule has 1 aromatic heterocycles. The Morgan fingerprint density at radius 3 is 2.63 bits per heavy atom. The lowest BCUT2D eigenvalue weighted by molar-refractivity contribution is 0.104. The summed E-state index contributed by atoms with van der Waals surface area (Å²) in [7, 11) is -1.19. The highest BCUT2D eigenvalue weighted by molar-refractivity contribution is 7.85. The summed E-state index contributed by atoms with van der Waals surface area (Å²) in [5.41, 5.74) is 6.56. The molecular formula is C20H17Cl2N3O3S2. The Balaban J connectivity index is 1.55. The van der Waals surface area contributed by atoms with Gasteiger partial charge in [-0.25, -0.2) is 4.98 Å². The third-order valence-corrected chi connectivity index (χ3v) is 7.74. The Morgan fingerprint density at radius 2 is 1.97 bits per heavy atom. The number of hydrogen-bond donors (Lipinski definition) is 2. The molecule has 6 nitrogen and oxygen atoms in total. The predicted octanol–water partition coefficient (Wildman–Crippen LogP) is 4.90. The van der Waals surface area contributed by atoms with Crippen molar-refractivity contribution >= 4 is 67.8 Å². The minimum Gasteiger partial charge on any atom is -0.382 e. The van der Waals surface area contributed by atoms with Crippen molar-refractivity contribution in [2.24, 2.45) is 0 Å². The van der Waals surface area contributed by atoms with E-state index >= 15 is 0 Å². The third kappa shape index (κ3) is 4.53. The van der Waals surface area contributed by atoms with Crippen LogP contribution in [0.5, 0.6) is 0 Å². The fraction of sp³-hybridized carbons (Fsp3) is 0.200. The molecule has 10 heteroatoms. The second-order valence-electron chi connectivity index (χ2n) is 7.04. The van der Waals surface area contributed by atoms with Crippen LogP contribution in [0.25, 0.3) is 0 Å². The highest BCUT2D eigenvalue weighted by Crippen LogP contribution is 2.34. The van der Waals surface area contributed by atoms with Crippen LogP contribution in [0.2, 0.25) is 10.0 Å². The molecule has 3 aromatic rings. The van der Waals surface area contributed by atoms with Gasteiger partial charge in [-0.1, -0.05) is 46.7 Å². The molecule has 1 aliphatic rings. The maximum Gasteiger partial charge on any atom is 0.209 e. The van der Waals surface area contributed by atoms with E-state index in [1.807, 2.05) is 13.0 Å². The van der Waals surface area contributed by atoms with Crippen LogP contribution >= 0.6 is 34.5 Å². The Morgan fingerprint density at radius 1 is 1.30 bits per heavy atom. The molecule has 2 atom stereocenters. The van der Waals surface area contributed by atoms with Crippen molar-refractivity contribution in [3.05, 3.63) is 63.0 Å². The van der Waals surface area contributed by atoms with Gasteiger partial charge in [0.2, 0.25) is 5.78 Å². The van der Waals surface area contributed by atoms with Gasteiger partial charge >= 0.3 is 0 Å². The number of epoxide rings is 1. The Hall–Kier alpha value is -1.97. The molecule has 1 fully saturated rings. The molecule has 2 unspecified atom stereocenters. The smallest absolute Gasteiger partial charge is 0.209 e. The molecule has 1 saturated heterocycles. The second kappa shape index (κ2) is 8.28. The van der Waals surface area contributed by atoms with E-state index < -0.39 is 10.8 Å². The maximum atomic E-state index is 12.9. The molecule has 2 heterocycles. The van der Waals surface area contributed by atoms with Gasteiger partial charge in [-0.3, -0.25) is 9.00 Å². The van der Waals surface area contributed by atoms with Crippen molar-refractivity contribution in [3.8, 4) is 0 Å². The van der Waals surface area contributed by atoms with E-state index in [-0.39, 0.29) is 37.7 Å². The van der Waals surface area contributed by atoms with Gasteiger partial charge in [0, 0.05) is 10.6 Å². The van der Waals surface area contributed by atoms with Gasteiger partial charge in [0.05, 0.1) is 38.8 Å². The molecule has 0 spiro atoms. The van der Waals surface area contributed by atoms with E-state index in [1.54, 1.807) is 36.4 Å². The molecule has 2 aromatic carbocycles. The summed E-state index contributed by atoms with van der Waals surface area (Å²) in [6, 6.07) is 12.1. The largest absolute Gasteiger partial charge is 0.382 e. The number of ketones is 1. The lowest BCUT2D eigenvalue weighted by Crippen LogP contribution is -2.16. The Labute approximate surface area is 189 Å². The minimum atomic E-state index is -1.19. The van der Waals surface area contributed by atoms with E-state index in [2.05, 4.69) is 10.3 Å². The third-order valence-electron chi connectivity index (χ3n) is 4.47. The number of rotatable bonds is 7. The normalized spacial score (nSPS) is 18.8. The van der Waals surface area contributed by atoms with Crippen molar-refractivity contribution in [3.63, 3.8) is 0 Å². The number of nitrogens with two attached hydrogens (primary N) is 1. The molecular weight excluding hydrogens is 465 g/mol. The summed E-state index contributed by atoms with van der Waals surface area (Å²) in [5.74, 6) is 0.140. The zero-order valence-corrected chi connectivity index (χ0v) is 18.9. The number of anilines is 3. The molecule has 3 N–H and O–H groups in total. The van der Waals surface area contributed by atoms with E-state index in [1.165, 1.54) is 0 Å². The van der Waals surface area contributed by atoms with Crippen molar-refractivity contribution < 1.29 is 13.7 Å². The molecule has 0 radical (unpaired) electrons. The standard InChI is InChI=1S/C20H17Cl2N3O3S2/c1-20(9-28-20)10-30(27)12-5-2-4-11(8-12)24-19-25-18(23)17(29-19)16(26)15-13(21)6-3-7-14(15)22/h2-8H,9-10,23H2,1H3,(H,24,25). The zero-order valence-electron chi connectivity index (χ0n) is 15.8. The van der Waals surface area contributed by atoms with E-state index in [4.69, 9.17) is 33.7 Å². The van der Waals surface area contributed by atoms with Crippen LogP contribution < -0.4 is 11.1 Å². The number of hydrogen-bond acceptors (Lipinski definition) is 7. The first kappa shape index (κ1) is 21.3. The van der Waals surface area contributed by atoms with Gasteiger partial charge in [0.25, 0.3) is 0 Å². The van der Waals surface area contributed by atoms with Gasteiger partial charge in [-0.15, -0.1) is 0 Å². The van der Waals surface area contributed by atoms with E-state index in [0.29, 0.717) is 28.1 Å². The molecule has 4 rings (SSSR count). The monoisotopic (exact) mass is 481 g/mol. The number of nitrogens with one attached hydrogen (secondary N) is 1. The number of aromatic nitrogens is 1. The first-order valence-electron chi connectivity index (χ1n) is 8.90. The van der Waals surface area contributed by atoms with Crippen LogP contribution in [0, 0.1) is 0 Å². The van der Waals surface area contributed by atoms with Gasteiger partial charge in [-0.2, -0.15) is 0 Å². The average molecular weight is 482 g/mol. The number of benzene rings is 2.